The highest BCUT2D eigenvalue weighted by atomic mass is 16.6. The summed E-state index contributed by atoms with van der Waals surface area (Å²) >= 11 is 0. The lowest BCUT2D eigenvalue weighted by Gasteiger charge is -2.03. The van der Waals surface area contributed by atoms with E-state index in [2.05, 4.69) is 10.4 Å². The maximum absolute atomic E-state index is 11.6. The fourth-order valence-corrected chi connectivity index (χ4v) is 1.72. The van der Waals surface area contributed by atoms with Crippen molar-refractivity contribution < 1.29 is 19.6 Å². The third kappa shape index (κ3) is 7.04. The maximum Gasteiger partial charge on any atom is 0.389 e. The Bertz CT molecular complexity index is 500. The van der Waals surface area contributed by atoms with Gasteiger partial charge in [0.15, 0.2) is 0 Å². The topological polar surface area (TPSA) is 127 Å². The number of carbonyl (C=O) groups excluding carboxylic acids is 1. The molecule has 0 aromatic carbocycles. The molecule has 116 valence electrons. The van der Waals surface area contributed by atoms with Crippen LogP contribution in [0.3, 0.4) is 0 Å². The number of carbonyl (C=O) groups is 2. The molecular formula is C12H18N4O5. The van der Waals surface area contributed by atoms with Crippen LogP contribution in [0.5, 0.6) is 0 Å². The van der Waals surface area contributed by atoms with E-state index < -0.39 is 10.9 Å². The van der Waals surface area contributed by atoms with E-state index in [1.54, 1.807) is 0 Å². The molecule has 0 aliphatic carbocycles. The third-order valence-electron chi connectivity index (χ3n) is 2.76. The molecule has 0 aliphatic heterocycles. The van der Waals surface area contributed by atoms with Gasteiger partial charge in [-0.25, -0.2) is 0 Å². The van der Waals surface area contributed by atoms with Crippen molar-refractivity contribution in [3.05, 3.63) is 22.4 Å². The summed E-state index contributed by atoms with van der Waals surface area (Å²) in [5, 5.41) is 25.2. The predicted molar refractivity (Wildman–Crippen MR) is 72.6 cm³/mol. The number of nitrogens with one attached hydrogen (secondary N) is 1. The van der Waals surface area contributed by atoms with Gasteiger partial charge in [-0.2, -0.15) is 4.68 Å². The number of hydrogen-bond acceptors (Lipinski definition) is 5. The van der Waals surface area contributed by atoms with Crippen LogP contribution < -0.4 is 5.32 Å². The monoisotopic (exact) mass is 298 g/mol. The summed E-state index contributed by atoms with van der Waals surface area (Å²) in [6.07, 6.45) is 4.62. The van der Waals surface area contributed by atoms with Crippen LogP contribution in [0.4, 0.5) is 5.82 Å². The van der Waals surface area contributed by atoms with Crippen molar-refractivity contribution in [2.45, 2.75) is 38.6 Å². The molecular weight excluding hydrogens is 280 g/mol. The van der Waals surface area contributed by atoms with Crippen molar-refractivity contribution in [3.8, 4) is 0 Å². The number of rotatable bonds is 10. The molecule has 0 aliphatic rings. The highest BCUT2D eigenvalue weighted by Gasteiger charge is 2.12. The van der Waals surface area contributed by atoms with E-state index >= 15 is 0 Å². The van der Waals surface area contributed by atoms with E-state index in [-0.39, 0.29) is 24.7 Å². The van der Waals surface area contributed by atoms with Crippen LogP contribution in [0.1, 0.15) is 32.1 Å². The molecule has 0 atom stereocenters. The minimum atomic E-state index is -0.795. The number of aliphatic carboxylic acids is 1. The SMILES string of the molecule is O=C(O)CCCCCCNC(=O)Cn1ccc([N+](=O)[O-])n1. The van der Waals surface area contributed by atoms with Gasteiger partial charge in [-0.3, -0.25) is 9.59 Å². The van der Waals surface area contributed by atoms with Crippen molar-refractivity contribution in [2.24, 2.45) is 0 Å². The van der Waals surface area contributed by atoms with Gasteiger partial charge in [0, 0.05) is 13.0 Å². The first-order valence-corrected chi connectivity index (χ1v) is 6.65. The first-order valence-electron chi connectivity index (χ1n) is 6.65. The Kier molecular flexibility index (Phi) is 6.85. The lowest BCUT2D eigenvalue weighted by molar-refractivity contribution is -0.389. The molecule has 9 heteroatoms. The molecule has 2 N–H and O–H groups in total. The Balaban J connectivity index is 2.11. The molecule has 1 aromatic heterocycles. The minimum absolute atomic E-state index is 0.0626. The predicted octanol–water partition coefficient (Wildman–Crippen LogP) is 0.943. The zero-order valence-electron chi connectivity index (χ0n) is 11.5. The summed E-state index contributed by atoms with van der Waals surface area (Å²) in [5.74, 6) is -1.35. The van der Waals surface area contributed by atoms with Crippen LogP contribution in [0, 0.1) is 10.1 Å². The van der Waals surface area contributed by atoms with Gasteiger partial charge in [-0.15, -0.1) is 0 Å². The van der Waals surface area contributed by atoms with Gasteiger partial charge in [0.1, 0.15) is 6.54 Å². The quantitative estimate of drug-likeness (QED) is 0.376. The second-order valence-electron chi connectivity index (χ2n) is 4.54. The molecule has 1 heterocycles. The van der Waals surface area contributed by atoms with Crippen LogP contribution in [0.25, 0.3) is 0 Å². The summed E-state index contributed by atoms with van der Waals surface area (Å²) < 4.78 is 1.21. The lowest BCUT2D eigenvalue weighted by Crippen LogP contribution is -2.28. The van der Waals surface area contributed by atoms with Gasteiger partial charge < -0.3 is 20.5 Å². The van der Waals surface area contributed by atoms with E-state index in [9.17, 15) is 19.7 Å². The van der Waals surface area contributed by atoms with Crippen molar-refractivity contribution >= 4 is 17.7 Å². The minimum Gasteiger partial charge on any atom is -0.481 e. The summed E-state index contributed by atoms with van der Waals surface area (Å²) in [5.41, 5.74) is 0. The van der Waals surface area contributed by atoms with Gasteiger partial charge in [0.25, 0.3) is 0 Å². The summed E-state index contributed by atoms with van der Waals surface area (Å²) in [7, 11) is 0. The summed E-state index contributed by atoms with van der Waals surface area (Å²) in [6.45, 7) is 0.433. The summed E-state index contributed by atoms with van der Waals surface area (Å²) in [6, 6.07) is 1.23. The Morgan fingerprint density at radius 3 is 2.67 bits per heavy atom. The standard InChI is InChI=1S/C12H18N4O5/c17-11(9-15-8-6-10(14-15)16(20)21)13-7-4-2-1-3-5-12(18)19/h6,8H,1-5,7,9H2,(H,13,17)(H,18,19). The maximum atomic E-state index is 11.6. The Morgan fingerprint density at radius 2 is 2.05 bits per heavy atom. The van der Waals surface area contributed by atoms with Gasteiger partial charge in [-0.1, -0.05) is 12.8 Å². The molecule has 0 spiro atoms. The van der Waals surface area contributed by atoms with Crippen LogP contribution in [0.15, 0.2) is 12.3 Å². The normalized spacial score (nSPS) is 10.3. The highest BCUT2D eigenvalue weighted by Crippen LogP contribution is 2.05. The van der Waals surface area contributed by atoms with E-state index in [1.807, 2.05) is 0 Å². The Hall–Kier alpha value is -2.45. The zero-order chi connectivity index (χ0) is 15.7. The molecule has 1 amide bonds. The van der Waals surface area contributed by atoms with Crippen LogP contribution in [-0.4, -0.2) is 38.2 Å². The molecule has 0 saturated heterocycles. The number of unbranched alkanes of at least 4 members (excludes halogenated alkanes) is 3. The van der Waals surface area contributed by atoms with Crippen LogP contribution >= 0.6 is 0 Å². The summed E-state index contributed by atoms with van der Waals surface area (Å²) in [4.78, 5) is 31.7. The molecule has 0 unspecified atom stereocenters. The van der Waals surface area contributed by atoms with Crippen LogP contribution in [0.2, 0.25) is 0 Å². The number of hydrogen-bond donors (Lipinski definition) is 2. The van der Waals surface area contributed by atoms with Crippen LogP contribution in [-0.2, 0) is 16.1 Å². The molecule has 1 rings (SSSR count). The fourth-order valence-electron chi connectivity index (χ4n) is 1.72. The van der Waals surface area contributed by atoms with Crippen molar-refractivity contribution in [2.75, 3.05) is 6.54 Å². The van der Waals surface area contributed by atoms with E-state index in [0.29, 0.717) is 13.0 Å². The first kappa shape index (κ1) is 16.6. The van der Waals surface area contributed by atoms with Gasteiger partial charge in [-0.05, 0) is 17.8 Å². The molecule has 0 saturated carbocycles. The molecule has 1 aromatic rings. The number of carboxylic acid groups (broad SMARTS) is 1. The number of amides is 1. The van der Waals surface area contributed by atoms with Gasteiger partial charge >= 0.3 is 11.8 Å². The van der Waals surface area contributed by atoms with Gasteiger partial charge in [0.2, 0.25) is 5.91 Å². The molecule has 0 bridgehead atoms. The fraction of sp³-hybridized carbons (Fsp3) is 0.583. The lowest BCUT2D eigenvalue weighted by atomic mass is 10.1. The highest BCUT2D eigenvalue weighted by molar-refractivity contribution is 5.75. The average Bonchev–Trinajstić information content (AvgIpc) is 2.86. The third-order valence-corrected chi connectivity index (χ3v) is 2.76. The molecule has 9 nitrogen and oxygen atoms in total. The van der Waals surface area contributed by atoms with E-state index in [0.717, 1.165) is 19.3 Å². The molecule has 21 heavy (non-hydrogen) atoms. The van der Waals surface area contributed by atoms with E-state index in [1.165, 1.54) is 16.9 Å². The van der Waals surface area contributed by atoms with Crippen molar-refractivity contribution in [1.29, 1.82) is 0 Å². The average molecular weight is 298 g/mol. The number of nitrogens with zero attached hydrogens (tertiary/aromatic N) is 3. The second kappa shape index (κ2) is 8.67. The first-order chi connectivity index (χ1) is 9.99. The Morgan fingerprint density at radius 1 is 1.33 bits per heavy atom. The van der Waals surface area contributed by atoms with Gasteiger partial charge in [0.05, 0.1) is 17.4 Å². The smallest absolute Gasteiger partial charge is 0.389 e. The number of aromatic nitrogens is 2. The van der Waals surface area contributed by atoms with Crippen molar-refractivity contribution in [1.82, 2.24) is 15.1 Å². The number of nitro groups is 1. The molecule has 0 fully saturated rings. The largest absolute Gasteiger partial charge is 0.481 e. The number of carboxylic acids is 1. The Labute approximate surface area is 121 Å². The van der Waals surface area contributed by atoms with E-state index in [4.69, 9.17) is 5.11 Å². The zero-order valence-corrected chi connectivity index (χ0v) is 11.5. The second-order valence-corrected chi connectivity index (χ2v) is 4.54. The molecule has 0 radical (unpaired) electrons. The van der Waals surface area contributed by atoms with Crippen molar-refractivity contribution in [3.63, 3.8) is 0 Å².